The molecule has 1 aliphatic rings. The van der Waals surface area contributed by atoms with E-state index in [1.165, 1.54) is 36.0 Å². The molecular formula is C11H11ClN3O3S-. The third-order valence-electron chi connectivity index (χ3n) is 2.34. The highest BCUT2D eigenvalue weighted by molar-refractivity contribution is 8.14. The van der Waals surface area contributed by atoms with Crippen LogP contribution in [0.15, 0.2) is 29.3 Å². The molecule has 0 radical (unpaired) electrons. The van der Waals surface area contributed by atoms with Crippen molar-refractivity contribution in [3.63, 3.8) is 0 Å². The molecule has 0 aliphatic carbocycles. The molecule has 0 aromatic heterocycles. The van der Waals surface area contributed by atoms with E-state index >= 15 is 0 Å². The van der Waals surface area contributed by atoms with Gasteiger partial charge < -0.3 is 17.7 Å². The number of rotatable bonds is 2. The Morgan fingerprint density at radius 2 is 2.32 bits per heavy atom. The number of nitrogens with one attached hydrogen (secondary N) is 1. The summed E-state index contributed by atoms with van der Waals surface area (Å²) in [6.45, 7) is 2.69. The number of thioether (sulfide) groups is 1. The number of carbonyl (C=O) groups excluding carboxylic acids is 1. The molecule has 1 N–H and O–H groups in total. The monoisotopic (exact) mass is 300 g/mol. The molecule has 2 rings (SSSR count). The molecule has 1 aromatic carbocycles. The zero-order valence-corrected chi connectivity index (χ0v) is 11.6. The molecule has 0 bridgehead atoms. The van der Waals surface area contributed by atoms with E-state index in [1.807, 2.05) is 6.92 Å². The normalized spacial score (nSPS) is 17.3. The van der Waals surface area contributed by atoms with Crippen molar-refractivity contribution in [2.75, 3.05) is 6.54 Å². The number of halogens is 1. The van der Waals surface area contributed by atoms with Gasteiger partial charge in [-0.15, -0.1) is 0 Å². The first-order chi connectivity index (χ1) is 8.56. The van der Waals surface area contributed by atoms with Crippen LogP contribution in [0.1, 0.15) is 17.3 Å². The van der Waals surface area contributed by atoms with Crippen LogP contribution >= 0.6 is 11.8 Å². The number of aliphatic imine (C=N–C) groups is 1. The molecular weight excluding hydrogens is 290 g/mol. The minimum Gasteiger partial charge on any atom is -1.00 e. The van der Waals surface area contributed by atoms with E-state index in [-0.39, 0.29) is 29.6 Å². The zero-order valence-electron chi connectivity index (χ0n) is 10.00. The van der Waals surface area contributed by atoms with Crippen LogP contribution < -0.4 is 17.7 Å². The third kappa shape index (κ3) is 3.93. The second-order valence-corrected chi connectivity index (χ2v) is 5.26. The number of nitro benzene ring substituents is 1. The van der Waals surface area contributed by atoms with E-state index in [4.69, 9.17) is 0 Å². The largest absolute Gasteiger partial charge is 1.00 e. The molecule has 1 aromatic rings. The van der Waals surface area contributed by atoms with Gasteiger partial charge in [-0.1, -0.05) is 24.8 Å². The third-order valence-corrected chi connectivity index (χ3v) is 3.35. The van der Waals surface area contributed by atoms with E-state index < -0.39 is 4.92 Å². The van der Waals surface area contributed by atoms with Crippen LogP contribution in [0.5, 0.6) is 0 Å². The van der Waals surface area contributed by atoms with Crippen molar-refractivity contribution < 1.29 is 22.1 Å². The lowest BCUT2D eigenvalue weighted by atomic mass is 10.2. The lowest BCUT2D eigenvalue weighted by Crippen LogP contribution is -3.00. The molecule has 1 unspecified atom stereocenters. The first-order valence-electron chi connectivity index (χ1n) is 5.33. The average Bonchev–Trinajstić information content (AvgIpc) is 2.75. The Morgan fingerprint density at radius 3 is 2.89 bits per heavy atom. The standard InChI is InChI=1S/C11H11N3O3S.ClH/c1-7-6-12-11(18-7)13-10(15)8-3-2-4-9(5-8)14(16)17;/h2-5,7H,6H2,1H3,(H,12,13,15);1H/p-1. The van der Waals surface area contributed by atoms with E-state index in [0.29, 0.717) is 17.0 Å². The smallest absolute Gasteiger partial charge is 0.270 e. The molecule has 1 atom stereocenters. The molecule has 19 heavy (non-hydrogen) atoms. The van der Waals surface area contributed by atoms with Crippen molar-refractivity contribution in [1.82, 2.24) is 5.32 Å². The van der Waals surface area contributed by atoms with Crippen molar-refractivity contribution >= 4 is 28.5 Å². The Balaban J connectivity index is 0.00000180. The molecule has 1 aliphatic heterocycles. The molecule has 0 saturated heterocycles. The van der Waals surface area contributed by atoms with E-state index in [1.54, 1.807) is 0 Å². The summed E-state index contributed by atoms with van der Waals surface area (Å²) in [4.78, 5) is 26.1. The molecule has 102 valence electrons. The van der Waals surface area contributed by atoms with Gasteiger partial charge in [-0.3, -0.25) is 19.9 Å². The van der Waals surface area contributed by atoms with Gasteiger partial charge in [-0.25, -0.2) is 0 Å². The predicted molar refractivity (Wildman–Crippen MR) is 69.9 cm³/mol. The molecule has 8 heteroatoms. The first kappa shape index (κ1) is 15.5. The highest BCUT2D eigenvalue weighted by Gasteiger charge is 2.18. The number of nitro groups is 1. The van der Waals surface area contributed by atoms with Crippen LogP contribution in [0.4, 0.5) is 5.69 Å². The van der Waals surface area contributed by atoms with Crippen LogP contribution in [0, 0.1) is 10.1 Å². The Kier molecular flexibility index (Phi) is 5.31. The maximum absolute atomic E-state index is 11.9. The second-order valence-electron chi connectivity index (χ2n) is 3.84. The Hall–Kier alpha value is -1.60. The maximum atomic E-state index is 11.9. The summed E-state index contributed by atoms with van der Waals surface area (Å²) in [5, 5.41) is 14.2. The minimum atomic E-state index is -0.527. The van der Waals surface area contributed by atoms with Crippen molar-refractivity contribution in [3.05, 3.63) is 39.9 Å². The summed E-state index contributed by atoms with van der Waals surface area (Å²) in [5.74, 6) is -0.376. The number of non-ortho nitro benzene ring substituents is 1. The number of carbonyl (C=O) groups is 1. The van der Waals surface area contributed by atoms with E-state index in [2.05, 4.69) is 10.3 Å². The molecule has 0 saturated carbocycles. The number of nitrogens with zero attached hydrogens (tertiary/aromatic N) is 2. The summed E-state index contributed by atoms with van der Waals surface area (Å²) < 4.78 is 0. The molecule has 6 nitrogen and oxygen atoms in total. The Labute approximate surface area is 120 Å². The predicted octanol–water partition coefficient (Wildman–Crippen LogP) is -1.18. The van der Waals surface area contributed by atoms with Crippen LogP contribution in [-0.4, -0.2) is 27.8 Å². The summed E-state index contributed by atoms with van der Waals surface area (Å²) in [6, 6.07) is 5.62. The summed E-state index contributed by atoms with van der Waals surface area (Å²) in [7, 11) is 0. The van der Waals surface area contributed by atoms with Crippen molar-refractivity contribution in [2.45, 2.75) is 12.2 Å². The molecule has 0 spiro atoms. The van der Waals surface area contributed by atoms with Gasteiger partial charge in [0.15, 0.2) is 5.17 Å². The van der Waals surface area contributed by atoms with Gasteiger partial charge in [0.1, 0.15) is 0 Å². The summed E-state index contributed by atoms with van der Waals surface area (Å²) in [5.41, 5.74) is 0.157. The summed E-state index contributed by atoms with van der Waals surface area (Å²) >= 11 is 1.48. The molecule has 1 amide bonds. The van der Waals surface area contributed by atoms with Gasteiger partial charge in [-0.2, -0.15) is 0 Å². The number of amidine groups is 1. The van der Waals surface area contributed by atoms with Crippen LogP contribution in [0.25, 0.3) is 0 Å². The van der Waals surface area contributed by atoms with E-state index in [0.717, 1.165) is 0 Å². The van der Waals surface area contributed by atoms with Gasteiger partial charge in [0.2, 0.25) is 0 Å². The fourth-order valence-electron chi connectivity index (χ4n) is 1.48. The van der Waals surface area contributed by atoms with Crippen molar-refractivity contribution in [2.24, 2.45) is 4.99 Å². The maximum Gasteiger partial charge on any atom is 0.270 e. The average molecular weight is 301 g/mol. The number of amides is 1. The van der Waals surface area contributed by atoms with Gasteiger partial charge in [-0.05, 0) is 6.07 Å². The van der Waals surface area contributed by atoms with Crippen LogP contribution in [0.2, 0.25) is 0 Å². The number of benzene rings is 1. The molecule has 0 fully saturated rings. The van der Waals surface area contributed by atoms with Gasteiger partial charge >= 0.3 is 0 Å². The SMILES string of the molecule is CC1CN=C(NC(=O)c2cccc([N+](=O)[O-])c2)S1.[Cl-]. The van der Waals surface area contributed by atoms with Gasteiger partial charge in [0.25, 0.3) is 11.6 Å². The number of hydrogen-bond acceptors (Lipinski definition) is 5. The fraction of sp³-hybridized carbons (Fsp3) is 0.273. The minimum absolute atomic E-state index is 0. The van der Waals surface area contributed by atoms with Gasteiger partial charge in [0.05, 0.1) is 11.5 Å². The van der Waals surface area contributed by atoms with Crippen molar-refractivity contribution in [1.29, 1.82) is 0 Å². The topological polar surface area (TPSA) is 84.6 Å². The highest BCUT2D eigenvalue weighted by atomic mass is 35.5. The first-order valence-corrected chi connectivity index (χ1v) is 6.21. The quantitative estimate of drug-likeness (QED) is 0.550. The van der Waals surface area contributed by atoms with Gasteiger partial charge in [0, 0.05) is 22.9 Å². The van der Waals surface area contributed by atoms with Crippen LogP contribution in [-0.2, 0) is 0 Å². The molecule has 1 heterocycles. The highest BCUT2D eigenvalue weighted by Crippen LogP contribution is 2.19. The zero-order chi connectivity index (χ0) is 13.1. The number of hydrogen-bond donors (Lipinski definition) is 1. The van der Waals surface area contributed by atoms with Crippen molar-refractivity contribution in [3.8, 4) is 0 Å². The Bertz CT molecular complexity index is 536. The second kappa shape index (κ2) is 6.53. The summed E-state index contributed by atoms with van der Waals surface area (Å²) in [6.07, 6.45) is 0. The Morgan fingerprint density at radius 1 is 1.58 bits per heavy atom. The van der Waals surface area contributed by atoms with E-state index in [9.17, 15) is 14.9 Å². The fourth-order valence-corrected chi connectivity index (χ4v) is 2.31. The lowest BCUT2D eigenvalue weighted by Gasteiger charge is -2.04. The van der Waals surface area contributed by atoms with Crippen LogP contribution in [0.3, 0.4) is 0 Å². The lowest BCUT2D eigenvalue weighted by molar-refractivity contribution is -0.384.